The lowest BCUT2D eigenvalue weighted by atomic mass is 10.6. The zero-order valence-electron chi connectivity index (χ0n) is 8.65. The summed E-state index contributed by atoms with van der Waals surface area (Å²) in [6.45, 7) is 0. The van der Waals surface area contributed by atoms with Crippen LogP contribution in [0.3, 0.4) is 0 Å². The molecule has 0 saturated heterocycles. The Labute approximate surface area is 100 Å². The van der Waals surface area contributed by atoms with Gasteiger partial charge in [-0.15, -0.1) is 5.10 Å². The van der Waals surface area contributed by atoms with Crippen LogP contribution in [0.5, 0.6) is 0 Å². The van der Waals surface area contributed by atoms with Gasteiger partial charge in [-0.3, -0.25) is 0 Å². The van der Waals surface area contributed by atoms with E-state index >= 15 is 0 Å². The molecule has 0 aliphatic carbocycles. The van der Waals surface area contributed by atoms with Gasteiger partial charge in [0.25, 0.3) is 0 Å². The Balaban J connectivity index is 2.28. The Hall–Kier alpha value is -1.35. The Morgan fingerprint density at radius 1 is 1.38 bits per heavy atom. The molecule has 0 aromatic carbocycles. The minimum Gasteiger partial charge on any atom is -0.384 e. The molecule has 9 heteroatoms. The molecule has 2 rings (SSSR count). The Kier molecular flexibility index (Phi) is 3.25. The monoisotopic (exact) mass is 255 g/mol. The number of nitrogens with zero attached hydrogens (tertiary/aromatic N) is 6. The standard InChI is InChI=1S/C7H9N7S2/c1-14-7(11-12-13-14)16-5-3-4(8)9-6(10-5)15-2/h3H,1-2H3,(H2,8,9,10). The van der Waals surface area contributed by atoms with E-state index in [-0.39, 0.29) is 0 Å². The van der Waals surface area contributed by atoms with Gasteiger partial charge in [0, 0.05) is 13.1 Å². The van der Waals surface area contributed by atoms with Crippen molar-refractivity contribution in [1.29, 1.82) is 0 Å². The molecule has 0 radical (unpaired) electrons. The summed E-state index contributed by atoms with van der Waals surface area (Å²) in [5.74, 6) is 0.442. The summed E-state index contributed by atoms with van der Waals surface area (Å²) < 4.78 is 1.57. The highest BCUT2D eigenvalue weighted by Crippen LogP contribution is 2.25. The summed E-state index contributed by atoms with van der Waals surface area (Å²) >= 11 is 2.79. The topological polar surface area (TPSA) is 95.4 Å². The van der Waals surface area contributed by atoms with Crippen molar-refractivity contribution in [2.45, 2.75) is 15.3 Å². The molecular formula is C7H9N7S2. The van der Waals surface area contributed by atoms with Gasteiger partial charge in [0.05, 0.1) is 0 Å². The smallest absolute Gasteiger partial charge is 0.215 e. The summed E-state index contributed by atoms with van der Waals surface area (Å²) in [5.41, 5.74) is 5.67. The second-order valence-corrected chi connectivity index (χ2v) is 4.57. The molecule has 2 aromatic rings. The number of anilines is 1. The molecule has 0 aliphatic heterocycles. The van der Waals surface area contributed by atoms with Crippen molar-refractivity contribution < 1.29 is 0 Å². The van der Waals surface area contributed by atoms with Crippen molar-refractivity contribution in [3.8, 4) is 0 Å². The fourth-order valence-electron chi connectivity index (χ4n) is 0.966. The van der Waals surface area contributed by atoms with E-state index in [0.717, 1.165) is 5.03 Å². The van der Waals surface area contributed by atoms with Crippen molar-refractivity contribution in [2.24, 2.45) is 7.05 Å². The molecule has 0 spiro atoms. The fourth-order valence-corrected chi connectivity index (χ4v) is 2.15. The zero-order chi connectivity index (χ0) is 11.5. The van der Waals surface area contributed by atoms with Crippen molar-refractivity contribution in [1.82, 2.24) is 30.2 Å². The molecule has 7 nitrogen and oxygen atoms in total. The molecule has 2 N–H and O–H groups in total. The predicted molar refractivity (Wildman–Crippen MR) is 61.1 cm³/mol. The van der Waals surface area contributed by atoms with E-state index in [1.54, 1.807) is 17.8 Å². The van der Waals surface area contributed by atoms with E-state index in [1.165, 1.54) is 23.5 Å². The van der Waals surface area contributed by atoms with Crippen LogP contribution in [0, 0.1) is 0 Å². The third kappa shape index (κ3) is 2.42. The van der Waals surface area contributed by atoms with E-state index in [9.17, 15) is 0 Å². The van der Waals surface area contributed by atoms with E-state index in [2.05, 4.69) is 25.5 Å². The second-order valence-electron chi connectivity index (χ2n) is 2.80. The van der Waals surface area contributed by atoms with Crippen LogP contribution in [0.15, 0.2) is 21.4 Å². The van der Waals surface area contributed by atoms with Crippen molar-refractivity contribution >= 4 is 29.3 Å². The van der Waals surface area contributed by atoms with Crippen LogP contribution in [0.25, 0.3) is 0 Å². The van der Waals surface area contributed by atoms with Crippen LogP contribution in [-0.4, -0.2) is 36.4 Å². The number of tetrazole rings is 1. The number of hydrogen-bond acceptors (Lipinski definition) is 8. The third-order valence-electron chi connectivity index (χ3n) is 1.66. The number of hydrogen-bond donors (Lipinski definition) is 1. The Morgan fingerprint density at radius 2 is 2.19 bits per heavy atom. The average molecular weight is 255 g/mol. The summed E-state index contributed by atoms with van der Waals surface area (Å²) in [4.78, 5) is 8.36. The summed E-state index contributed by atoms with van der Waals surface area (Å²) in [7, 11) is 1.77. The van der Waals surface area contributed by atoms with Gasteiger partial charge in [0.15, 0.2) is 5.16 Å². The SMILES string of the molecule is CSc1nc(N)cc(Sc2nnnn2C)n1. The fraction of sp³-hybridized carbons (Fsp3) is 0.286. The van der Waals surface area contributed by atoms with Gasteiger partial charge >= 0.3 is 0 Å². The predicted octanol–water partition coefficient (Wildman–Crippen LogP) is 0.455. The van der Waals surface area contributed by atoms with E-state index < -0.39 is 0 Å². The van der Waals surface area contributed by atoms with Gasteiger partial charge in [-0.25, -0.2) is 14.6 Å². The van der Waals surface area contributed by atoms with Crippen LogP contribution in [0.2, 0.25) is 0 Å². The van der Waals surface area contributed by atoms with Crippen molar-refractivity contribution in [2.75, 3.05) is 12.0 Å². The Morgan fingerprint density at radius 3 is 2.81 bits per heavy atom. The first kappa shape index (κ1) is 11.1. The molecule has 0 atom stereocenters. The Bertz CT molecular complexity index is 497. The van der Waals surface area contributed by atoms with Gasteiger partial charge in [0.2, 0.25) is 5.16 Å². The van der Waals surface area contributed by atoms with Crippen LogP contribution in [0.1, 0.15) is 0 Å². The first-order chi connectivity index (χ1) is 7.69. The number of nitrogen functional groups attached to an aromatic ring is 1. The zero-order valence-corrected chi connectivity index (χ0v) is 10.3. The number of aromatic nitrogens is 6. The van der Waals surface area contributed by atoms with E-state index in [1.807, 2.05) is 6.26 Å². The second kappa shape index (κ2) is 4.66. The van der Waals surface area contributed by atoms with Crippen LogP contribution in [-0.2, 0) is 7.05 Å². The maximum Gasteiger partial charge on any atom is 0.215 e. The third-order valence-corrected chi connectivity index (χ3v) is 3.16. The maximum absolute atomic E-state index is 5.67. The number of rotatable bonds is 3. The minimum atomic E-state index is 0.442. The highest BCUT2D eigenvalue weighted by atomic mass is 32.2. The largest absolute Gasteiger partial charge is 0.384 e. The van der Waals surface area contributed by atoms with Crippen molar-refractivity contribution in [3.63, 3.8) is 0 Å². The normalized spacial score (nSPS) is 10.6. The maximum atomic E-state index is 5.67. The highest BCUT2D eigenvalue weighted by molar-refractivity contribution is 7.99. The summed E-state index contributed by atoms with van der Waals surface area (Å²) in [5, 5.41) is 13.2. The minimum absolute atomic E-state index is 0.442. The molecule has 0 unspecified atom stereocenters. The van der Waals surface area contributed by atoms with Crippen LogP contribution >= 0.6 is 23.5 Å². The number of nitrogens with two attached hydrogens (primary N) is 1. The lowest BCUT2D eigenvalue weighted by molar-refractivity contribution is 0.664. The molecule has 2 aromatic heterocycles. The lowest BCUT2D eigenvalue weighted by Crippen LogP contribution is -1.97. The summed E-state index contributed by atoms with van der Waals surface area (Å²) in [6.07, 6.45) is 1.90. The number of aryl methyl sites for hydroxylation is 1. The molecule has 84 valence electrons. The first-order valence-electron chi connectivity index (χ1n) is 4.28. The van der Waals surface area contributed by atoms with Gasteiger partial charge < -0.3 is 5.73 Å². The van der Waals surface area contributed by atoms with Gasteiger partial charge in [0.1, 0.15) is 10.8 Å². The molecule has 0 bridgehead atoms. The molecule has 2 heterocycles. The molecule has 0 saturated carbocycles. The van der Waals surface area contributed by atoms with Crippen LogP contribution < -0.4 is 5.73 Å². The molecule has 0 aliphatic rings. The first-order valence-corrected chi connectivity index (χ1v) is 6.32. The lowest BCUT2D eigenvalue weighted by Gasteiger charge is -2.02. The average Bonchev–Trinajstić information content (AvgIpc) is 2.63. The molecule has 0 fully saturated rings. The summed E-state index contributed by atoms with van der Waals surface area (Å²) in [6, 6.07) is 1.69. The highest BCUT2D eigenvalue weighted by Gasteiger charge is 2.08. The van der Waals surface area contributed by atoms with Gasteiger partial charge in [-0.2, -0.15) is 0 Å². The van der Waals surface area contributed by atoms with E-state index in [0.29, 0.717) is 16.1 Å². The van der Waals surface area contributed by atoms with E-state index in [4.69, 9.17) is 5.73 Å². The quantitative estimate of drug-likeness (QED) is 0.480. The number of thioether (sulfide) groups is 1. The molecular weight excluding hydrogens is 246 g/mol. The van der Waals surface area contributed by atoms with Gasteiger partial charge in [-0.1, -0.05) is 11.8 Å². The van der Waals surface area contributed by atoms with Crippen molar-refractivity contribution in [3.05, 3.63) is 6.07 Å². The van der Waals surface area contributed by atoms with Crippen LogP contribution in [0.4, 0.5) is 5.82 Å². The molecule has 0 amide bonds. The van der Waals surface area contributed by atoms with Gasteiger partial charge in [-0.05, 0) is 28.4 Å². The molecule has 16 heavy (non-hydrogen) atoms.